The number of amides is 1. The molecule has 0 aromatic heterocycles. The second-order valence-electron chi connectivity index (χ2n) is 4.50. The maximum absolute atomic E-state index is 13.2. The van der Waals surface area contributed by atoms with E-state index in [2.05, 4.69) is 0 Å². The Morgan fingerprint density at radius 1 is 1.42 bits per heavy atom. The van der Waals surface area contributed by atoms with Crippen molar-refractivity contribution in [2.24, 2.45) is 0 Å². The van der Waals surface area contributed by atoms with Crippen molar-refractivity contribution in [2.45, 2.75) is 13.5 Å². The van der Waals surface area contributed by atoms with Crippen molar-refractivity contribution in [1.82, 2.24) is 9.80 Å². The van der Waals surface area contributed by atoms with Crippen LogP contribution < -0.4 is 0 Å². The van der Waals surface area contributed by atoms with Crippen LogP contribution in [0.25, 0.3) is 0 Å². The lowest BCUT2D eigenvalue weighted by molar-refractivity contribution is -0.130. The quantitative estimate of drug-likeness (QED) is 0.811. The highest BCUT2D eigenvalue weighted by molar-refractivity contribution is 5.77. The third kappa shape index (κ3) is 4.34. The minimum absolute atomic E-state index is 0.0169. The van der Waals surface area contributed by atoms with Crippen LogP contribution in [-0.4, -0.2) is 42.9 Å². The Labute approximate surface area is 113 Å². The number of hydrogen-bond donors (Lipinski definition) is 0. The zero-order chi connectivity index (χ0) is 14.4. The van der Waals surface area contributed by atoms with Gasteiger partial charge in [0.05, 0.1) is 18.2 Å². The molecule has 0 fully saturated rings. The van der Waals surface area contributed by atoms with Crippen molar-refractivity contribution in [1.29, 1.82) is 5.26 Å². The summed E-state index contributed by atoms with van der Waals surface area (Å²) < 4.78 is 13.2. The summed E-state index contributed by atoms with van der Waals surface area (Å²) in [5.74, 6) is -0.388. The molecule has 19 heavy (non-hydrogen) atoms. The zero-order valence-electron chi connectivity index (χ0n) is 11.5. The Kier molecular flexibility index (Phi) is 5.46. The maximum atomic E-state index is 13.2. The SMILES string of the molecule is CCN(CC(=O)N(C)C)Cc1cc(F)ccc1C#N. The van der Waals surface area contributed by atoms with E-state index < -0.39 is 0 Å². The fourth-order valence-electron chi connectivity index (χ4n) is 1.66. The highest BCUT2D eigenvalue weighted by Gasteiger charge is 2.13. The third-order valence-corrected chi connectivity index (χ3v) is 2.89. The number of carbonyl (C=O) groups excluding carboxylic acids is 1. The van der Waals surface area contributed by atoms with Crippen LogP contribution >= 0.6 is 0 Å². The van der Waals surface area contributed by atoms with Gasteiger partial charge in [0.2, 0.25) is 5.91 Å². The predicted octanol–water partition coefficient (Wildman–Crippen LogP) is 1.61. The standard InChI is InChI=1S/C14H18FN3O/c1-4-18(10-14(19)17(2)3)9-12-7-13(15)6-5-11(12)8-16/h5-7H,4,9-10H2,1-3H3. The smallest absolute Gasteiger partial charge is 0.236 e. The number of hydrogen-bond acceptors (Lipinski definition) is 3. The van der Waals surface area contributed by atoms with E-state index in [-0.39, 0.29) is 18.3 Å². The van der Waals surface area contributed by atoms with E-state index in [0.717, 1.165) is 0 Å². The molecule has 0 saturated heterocycles. The summed E-state index contributed by atoms with van der Waals surface area (Å²) in [5.41, 5.74) is 1.05. The lowest BCUT2D eigenvalue weighted by Crippen LogP contribution is -2.36. The number of nitrogens with zero attached hydrogens (tertiary/aromatic N) is 3. The lowest BCUT2D eigenvalue weighted by Gasteiger charge is -2.22. The molecule has 0 radical (unpaired) electrons. The highest BCUT2D eigenvalue weighted by Crippen LogP contribution is 2.13. The van der Waals surface area contributed by atoms with E-state index in [1.165, 1.54) is 23.1 Å². The molecule has 0 bridgehead atoms. The van der Waals surface area contributed by atoms with Crippen LogP contribution in [0.2, 0.25) is 0 Å². The van der Waals surface area contributed by atoms with Gasteiger partial charge in [0.15, 0.2) is 0 Å². The third-order valence-electron chi connectivity index (χ3n) is 2.89. The van der Waals surface area contributed by atoms with E-state index in [1.54, 1.807) is 14.1 Å². The second kappa shape index (κ2) is 6.86. The van der Waals surface area contributed by atoms with Gasteiger partial charge >= 0.3 is 0 Å². The summed E-state index contributed by atoms with van der Waals surface area (Å²) in [7, 11) is 3.39. The van der Waals surface area contributed by atoms with Gasteiger partial charge in [-0.3, -0.25) is 9.69 Å². The first-order chi connectivity index (χ1) is 8.97. The number of carbonyl (C=O) groups is 1. The first-order valence-corrected chi connectivity index (χ1v) is 6.09. The fourth-order valence-corrected chi connectivity index (χ4v) is 1.66. The zero-order valence-corrected chi connectivity index (χ0v) is 11.5. The average Bonchev–Trinajstić information content (AvgIpc) is 2.37. The van der Waals surface area contributed by atoms with Crippen molar-refractivity contribution in [3.8, 4) is 6.07 Å². The van der Waals surface area contributed by atoms with Gasteiger partial charge in [0, 0.05) is 20.6 Å². The summed E-state index contributed by atoms with van der Waals surface area (Å²) in [5, 5.41) is 9.00. The number of benzene rings is 1. The summed E-state index contributed by atoms with van der Waals surface area (Å²) in [6.45, 7) is 3.22. The number of rotatable bonds is 5. The molecule has 0 heterocycles. The predicted molar refractivity (Wildman–Crippen MR) is 70.8 cm³/mol. The molecule has 0 N–H and O–H groups in total. The van der Waals surface area contributed by atoms with E-state index in [4.69, 9.17) is 5.26 Å². The molecular formula is C14H18FN3O. The largest absolute Gasteiger partial charge is 0.348 e. The fraction of sp³-hybridized carbons (Fsp3) is 0.429. The molecule has 102 valence electrons. The average molecular weight is 263 g/mol. The van der Waals surface area contributed by atoms with E-state index in [9.17, 15) is 9.18 Å². The van der Waals surface area contributed by atoms with Gasteiger partial charge in [0.1, 0.15) is 5.82 Å². The maximum Gasteiger partial charge on any atom is 0.236 e. The van der Waals surface area contributed by atoms with Gasteiger partial charge in [-0.25, -0.2) is 4.39 Å². The summed E-state index contributed by atoms with van der Waals surface area (Å²) in [6, 6.07) is 6.12. The van der Waals surface area contributed by atoms with E-state index in [1.807, 2.05) is 17.9 Å². The molecule has 0 aliphatic rings. The molecule has 0 spiro atoms. The second-order valence-corrected chi connectivity index (χ2v) is 4.50. The number of nitriles is 1. The summed E-state index contributed by atoms with van der Waals surface area (Å²) in [6.07, 6.45) is 0. The first kappa shape index (κ1) is 15.1. The van der Waals surface area contributed by atoms with Crippen LogP contribution in [0.5, 0.6) is 0 Å². The Morgan fingerprint density at radius 3 is 2.63 bits per heavy atom. The van der Waals surface area contributed by atoms with Crippen LogP contribution in [0, 0.1) is 17.1 Å². The number of halogens is 1. The molecule has 5 heteroatoms. The normalized spacial score (nSPS) is 10.3. The molecule has 1 amide bonds. The monoisotopic (exact) mass is 263 g/mol. The summed E-state index contributed by atoms with van der Waals surface area (Å²) in [4.78, 5) is 15.1. The van der Waals surface area contributed by atoms with Crippen molar-refractivity contribution in [3.05, 3.63) is 35.1 Å². The molecule has 0 aliphatic carbocycles. The lowest BCUT2D eigenvalue weighted by atomic mass is 10.1. The number of likely N-dealkylation sites (N-methyl/N-ethyl adjacent to an activating group) is 2. The van der Waals surface area contributed by atoms with Crippen LogP contribution in [-0.2, 0) is 11.3 Å². The molecule has 1 aromatic rings. The molecule has 0 unspecified atom stereocenters. The molecular weight excluding hydrogens is 245 g/mol. The molecule has 0 saturated carbocycles. The Morgan fingerprint density at radius 2 is 2.11 bits per heavy atom. The molecule has 1 rings (SSSR count). The van der Waals surface area contributed by atoms with Crippen LogP contribution in [0.3, 0.4) is 0 Å². The van der Waals surface area contributed by atoms with Crippen molar-refractivity contribution < 1.29 is 9.18 Å². The van der Waals surface area contributed by atoms with Gasteiger partial charge in [-0.2, -0.15) is 5.26 Å². The minimum Gasteiger partial charge on any atom is -0.348 e. The van der Waals surface area contributed by atoms with Gasteiger partial charge in [-0.1, -0.05) is 6.92 Å². The first-order valence-electron chi connectivity index (χ1n) is 6.09. The molecule has 0 aliphatic heterocycles. The van der Waals surface area contributed by atoms with Crippen molar-refractivity contribution >= 4 is 5.91 Å². The summed E-state index contributed by atoms with van der Waals surface area (Å²) >= 11 is 0. The molecule has 4 nitrogen and oxygen atoms in total. The topological polar surface area (TPSA) is 47.3 Å². The van der Waals surface area contributed by atoms with Crippen molar-refractivity contribution in [2.75, 3.05) is 27.2 Å². The van der Waals surface area contributed by atoms with Crippen LogP contribution in [0.15, 0.2) is 18.2 Å². The van der Waals surface area contributed by atoms with Gasteiger partial charge in [0.25, 0.3) is 0 Å². The minimum atomic E-state index is -0.371. The Hall–Kier alpha value is -1.93. The van der Waals surface area contributed by atoms with Gasteiger partial charge in [-0.15, -0.1) is 0 Å². The Bertz CT molecular complexity index is 494. The van der Waals surface area contributed by atoms with Crippen LogP contribution in [0.1, 0.15) is 18.1 Å². The highest BCUT2D eigenvalue weighted by atomic mass is 19.1. The van der Waals surface area contributed by atoms with Crippen LogP contribution in [0.4, 0.5) is 4.39 Å². The molecule has 1 aromatic carbocycles. The molecule has 0 atom stereocenters. The van der Waals surface area contributed by atoms with E-state index in [0.29, 0.717) is 24.2 Å². The van der Waals surface area contributed by atoms with Crippen molar-refractivity contribution in [3.63, 3.8) is 0 Å². The Balaban J connectivity index is 2.84. The van der Waals surface area contributed by atoms with E-state index >= 15 is 0 Å². The van der Waals surface area contributed by atoms with Gasteiger partial charge < -0.3 is 4.90 Å². The van der Waals surface area contributed by atoms with Gasteiger partial charge in [-0.05, 0) is 30.3 Å².